The summed E-state index contributed by atoms with van der Waals surface area (Å²) >= 11 is 0. The minimum atomic E-state index is -7.93. The van der Waals surface area contributed by atoms with Crippen molar-refractivity contribution in [1.82, 2.24) is 0 Å². The summed E-state index contributed by atoms with van der Waals surface area (Å²) in [7, 11) is 0.704. The standard InChI is InChI=1S/C19H19F13O/c1-10(2)11-7-5-6-8-12(11)13(3,33-4)9-14(20,21)15(22,23)16(24,25)17(26,27)18(28,29)19(30,31)32/h5-8,10H,9H2,1-4H3. The van der Waals surface area contributed by atoms with Crippen LogP contribution in [-0.2, 0) is 10.3 Å². The summed E-state index contributed by atoms with van der Waals surface area (Å²) in [6.07, 6.45) is -9.90. The lowest BCUT2D eigenvalue weighted by atomic mass is 9.80. The van der Waals surface area contributed by atoms with E-state index in [2.05, 4.69) is 0 Å². The maximum absolute atomic E-state index is 14.4. The predicted octanol–water partition coefficient (Wildman–Crippen LogP) is 7.80. The van der Waals surface area contributed by atoms with Crippen LogP contribution in [0.5, 0.6) is 0 Å². The first-order valence-electron chi connectivity index (χ1n) is 9.05. The number of methoxy groups -OCH3 is 1. The van der Waals surface area contributed by atoms with Crippen LogP contribution in [0.3, 0.4) is 0 Å². The molecule has 0 aromatic heterocycles. The predicted molar refractivity (Wildman–Crippen MR) is 90.3 cm³/mol. The summed E-state index contributed by atoms with van der Waals surface area (Å²) < 4.78 is 179. The normalized spacial score (nSPS) is 16.8. The first-order chi connectivity index (χ1) is 14.4. The number of alkyl halides is 13. The molecule has 0 radical (unpaired) electrons. The summed E-state index contributed by atoms with van der Waals surface area (Å²) in [6, 6.07) is 5.09. The second kappa shape index (κ2) is 8.49. The van der Waals surface area contributed by atoms with Crippen LogP contribution in [0.4, 0.5) is 57.1 Å². The van der Waals surface area contributed by atoms with Gasteiger partial charge in [0.1, 0.15) is 0 Å². The molecule has 1 atom stereocenters. The molecule has 0 aliphatic heterocycles. The van der Waals surface area contributed by atoms with Gasteiger partial charge in [-0.1, -0.05) is 38.1 Å². The van der Waals surface area contributed by atoms with Crippen molar-refractivity contribution in [2.45, 2.75) is 74.5 Å². The lowest BCUT2D eigenvalue weighted by Crippen LogP contribution is -2.70. The zero-order valence-electron chi connectivity index (χ0n) is 17.4. The summed E-state index contributed by atoms with van der Waals surface area (Å²) in [5.74, 6) is -37.6. The molecule has 0 saturated carbocycles. The minimum Gasteiger partial charge on any atom is -0.374 e. The Kier molecular flexibility index (Phi) is 7.54. The maximum Gasteiger partial charge on any atom is 0.460 e. The quantitative estimate of drug-likeness (QED) is 0.308. The summed E-state index contributed by atoms with van der Waals surface area (Å²) in [5.41, 5.74) is -2.60. The molecule has 1 unspecified atom stereocenters. The van der Waals surface area contributed by atoms with Crippen molar-refractivity contribution in [3.05, 3.63) is 35.4 Å². The minimum absolute atomic E-state index is 0.210. The number of benzene rings is 1. The highest BCUT2D eigenvalue weighted by atomic mass is 19.4. The Morgan fingerprint density at radius 1 is 0.697 bits per heavy atom. The average molecular weight is 510 g/mol. The van der Waals surface area contributed by atoms with E-state index in [1.807, 2.05) is 0 Å². The number of ether oxygens (including phenoxy) is 1. The largest absolute Gasteiger partial charge is 0.460 e. The second-order valence-electron chi connectivity index (χ2n) is 7.85. The molecule has 1 nitrogen and oxygen atoms in total. The topological polar surface area (TPSA) is 9.23 Å². The van der Waals surface area contributed by atoms with E-state index in [-0.39, 0.29) is 11.1 Å². The van der Waals surface area contributed by atoms with Gasteiger partial charge in [-0.05, 0) is 24.0 Å². The van der Waals surface area contributed by atoms with Crippen LogP contribution < -0.4 is 0 Å². The van der Waals surface area contributed by atoms with Gasteiger partial charge in [-0.25, -0.2) is 0 Å². The Labute approximate surface area is 179 Å². The molecule has 0 amide bonds. The van der Waals surface area contributed by atoms with Gasteiger partial charge in [-0.2, -0.15) is 57.1 Å². The molecular weight excluding hydrogens is 491 g/mol. The highest BCUT2D eigenvalue weighted by Crippen LogP contribution is 2.61. The zero-order valence-corrected chi connectivity index (χ0v) is 17.4. The van der Waals surface area contributed by atoms with E-state index < -0.39 is 53.7 Å². The molecule has 33 heavy (non-hydrogen) atoms. The van der Waals surface area contributed by atoms with Gasteiger partial charge in [-0.3, -0.25) is 0 Å². The van der Waals surface area contributed by atoms with E-state index in [1.165, 1.54) is 32.0 Å². The Morgan fingerprint density at radius 2 is 1.12 bits per heavy atom. The van der Waals surface area contributed by atoms with Gasteiger partial charge >= 0.3 is 35.8 Å². The van der Waals surface area contributed by atoms with Gasteiger partial charge < -0.3 is 4.74 Å². The van der Waals surface area contributed by atoms with Gasteiger partial charge in [0, 0.05) is 7.11 Å². The smallest absolute Gasteiger partial charge is 0.374 e. The molecule has 1 aromatic carbocycles. The van der Waals surface area contributed by atoms with Crippen molar-refractivity contribution in [2.75, 3.05) is 7.11 Å². The molecule has 0 aliphatic rings. The van der Waals surface area contributed by atoms with Crippen LogP contribution in [0.25, 0.3) is 0 Å². The van der Waals surface area contributed by atoms with Crippen LogP contribution in [0.1, 0.15) is 44.2 Å². The fourth-order valence-corrected chi connectivity index (χ4v) is 3.10. The van der Waals surface area contributed by atoms with E-state index in [9.17, 15) is 57.1 Å². The van der Waals surface area contributed by atoms with E-state index >= 15 is 0 Å². The third-order valence-corrected chi connectivity index (χ3v) is 5.16. The highest BCUT2D eigenvalue weighted by Gasteiger charge is 2.90. The van der Waals surface area contributed by atoms with E-state index in [0.717, 1.165) is 13.0 Å². The maximum atomic E-state index is 14.4. The molecule has 14 heteroatoms. The van der Waals surface area contributed by atoms with Crippen molar-refractivity contribution in [3.8, 4) is 0 Å². The fraction of sp³-hybridized carbons (Fsp3) is 0.684. The van der Waals surface area contributed by atoms with Crippen LogP contribution in [0.2, 0.25) is 0 Å². The third kappa shape index (κ3) is 4.51. The van der Waals surface area contributed by atoms with Crippen molar-refractivity contribution >= 4 is 0 Å². The number of rotatable bonds is 9. The lowest BCUT2D eigenvalue weighted by Gasteiger charge is -2.42. The van der Waals surface area contributed by atoms with E-state index in [0.29, 0.717) is 7.11 Å². The van der Waals surface area contributed by atoms with E-state index in [1.54, 1.807) is 0 Å². The fourth-order valence-electron chi connectivity index (χ4n) is 3.10. The van der Waals surface area contributed by atoms with Crippen LogP contribution in [0.15, 0.2) is 24.3 Å². The van der Waals surface area contributed by atoms with Crippen molar-refractivity contribution in [2.24, 2.45) is 0 Å². The number of hydrogen-bond acceptors (Lipinski definition) is 1. The first-order valence-corrected chi connectivity index (χ1v) is 9.05. The molecule has 0 saturated heterocycles. The summed E-state index contributed by atoms with van der Waals surface area (Å²) in [5, 5.41) is 0. The molecule has 0 spiro atoms. The monoisotopic (exact) mass is 510 g/mol. The summed E-state index contributed by atoms with van der Waals surface area (Å²) in [4.78, 5) is 0. The Morgan fingerprint density at radius 3 is 1.52 bits per heavy atom. The van der Waals surface area contributed by atoms with Crippen molar-refractivity contribution in [3.63, 3.8) is 0 Å². The molecule has 0 fully saturated rings. The van der Waals surface area contributed by atoms with Crippen molar-refractivity contribution in [1.29, 1.82) is 0 Å². The molecule has 0 bridgehead atoms. The number of hydrogen-bond donors (Lipinski definition) is 0. The Hall–Kier alpha value is -1.73. The SMILES string of the molecule is COC(C)(CC(F)(F)C(F)(F)C(F)(F)C(F)(F)C(F)(F)C(F)(F)F)c1ccccc1C(C)C. The van der Waals surface area contributed by atoms with Crippen LogP contribution in [0, 0.1) is 0 Å². The second-order valence-corrected chi connectivity index (χ2v) is 7.85. The Balaban J connectivity index is 3.60. The highest BCUT2D eigenvalue weighted by molar-refractivity contribution is 5.35. The molecule has 0 aliphatic carbocycles. The van der Waals surface area contributed by atoms with Gasteiger partial charge in [0.2, 0.25) is 0 Å². The molecule has 192 valence electrons. The van der Waals surface area contributed by atoms with Crippen molar-refractivity contribution < 1.29 is 61.8 Å². The molecule has 0 N–H and O–H groups in total. The van der Waals surface area contributed by atoms with Gasteiger partial charge in [-0.15, -0.1) is 0 Å². The Bertz CT molecular complexity index is 829. The first kappa shape index (κ1) is 29.3. The number of halogens is 13. The van der Waals surface area contributed by atoms with Gasteiger partial charge in [0.05, 0.1) is 12.0 Å². The molecule has 1 rings (SSSR count). The van der Waals surface area contributed by atoms with E-state index in [4.69, 9.17) is 4.74 Å². The molecular formula is C19H19F13O. The average Bonchev–Trinajstić information content (AvgIpc) is 2.65. The third-order valence-electron chi connectivity index (χ3n) is 5.16. The molecule has 0 heterocycles. The zero-order chi connectivity index (χ0) is 26.5. The van der Waals surface area contributed by atoms with Gasteiger partial charge in [0.25, 0.3) is 0 Å². The van der Waals surface area contributed by atoms with Gasteiger partial charge in [0.15, 0.2) is 0 Å². The summed E-state index contributed by atoms with van der Waals surface area (Å²) in [6.45, 7) is 3.80. The van der Waals surface area contributed by atoms with Crippen LogP contribution in [-0.4, -0.2) is 42.9 Å². The van der Waals surface area contributed by atoms with Crippen LogP contribution >= 0.6 is 0 Å². The lowest BCUT2D eigenvalue weighted by molar-refractivity contribution is -0.441. The molecule has 1 aromatic rings.